The second-order valence-electron chi connectivity index (χ2n) is 10.6. The van der Waals surface area contributed by atoms with Crippen molar-refractivity contribution in [3.63, 3.8) is 0 Å². The number of phenolic OH excluding ortho intramolecular Hbond substituents is 1. The van der Waals surface area contributed by atoms with Crippen LogP contribution in [0.25, 0.3) is 34.5 Å². The van der Waals surface area contributed by atoms with Gasteiger partial charge in [-0.25, -0.2) is 19.3 Å². The number of benzene rings is 4. The lowest BCUT2D eigenvalue weighted by Crippen LogP contribution is -2.13. The molecule has 13 nitrogen and oxygen atoms in total. The molecule has 7 aromatic rings. The van der Waals surface area contributed by atoms with Gasteiger partial charge in [0.1, 0.15) is 45.8 Å². The highest BCUT2D eigenvalue weighted by molar-refractivity contribution is 6.05. The summed E-state index contributed by atoms with van der Waals surface area (Å²) in [5.41, 5.74) is 1.08. The first-order chi connectivity index (χ1) is 24.3. The summed E-state index contributed by atoms with van der Waals surface area (Å²) in [4.78, 5) is 36.7. The molecule has 0 atom stereocenters. The molecule has 0 unspecified atom stereocenters. The van der Waals surface area contributed by atoms with Crippen LogP contribution < -0.4 is 15.4 Å². The number of para-hydroxylation sites is 1. The molecule has 0 saturated carbocycles. The number of nitrogens with one attached hydrogen (secondary N) is 2. The Kier molecular flexibility index (Phi) is 8.38. The minimum Gasteiger partial charge on any atom is -0.508 e. The average molecular weight is 671 g/mol. The number of ether oxygens (including phenoxy) is 1. The molecule has 0 fully saturated rings. The van der Waals surface area contributed by atoms with Crippen LogP contribution >= 0.6 is 0 Å². The van der Waals surface area contributed by atoms with Gasteiger partial charge in [-0.3, -0.25) is 14.9 Å². The van der Waals surface area contributed by atoms with Crippen molar-refractivity contribution in [3.8, 4) is 28.7 Å². The van der Waals surface area contributed by atoms with E-state index in [0.717, 1.165) is 6.07 Å². The molecule has 0 aliphatic rings. The molecule has 3 heterocycles. The fraction of sp³-hybridized carbons (Fsp3) is 0. The lowest BCUT2D eigenvalue weighted by molar-refractivity contribution is -0.402. The smallest absolute Gasteiger partial charge is 0.433 e. The molecule has 14 heteroatoms. The maximum Gasteiger partial charge on any atom is 0.433 e. The summed E-state index contributed by atoms with van der Waals surface area (Å²) in [6.45, 7) is 0. The quantitative estimate of drug-likeness (QED) is 0.0721. The number of phenols is 1. The summed E-state index contributed by atoms with van der Waals surface area (Å²) in [6, 6.07) is 27.6. The lowest BCUT2D eigenvalue weighted by Gasteiger charge is -2.12. The maximum atomic E-state index is 15.4. The molecule has 3 N–H and O–H groups in total. The number of anilines is 3. The zero-order valence-corrected chi connectivity index (χ0v) is 25.6. The normalized spacial score (nSPS) is 11.1. The van der Waals surface area contributed by atoms with Crippen LogP contribution in [0.15, 0.2) is 118 Å². The molecule has 3 aromatic heterocycles. The van der Waals surface area contributed by atoms with Gasteiger partial charge >= 0.3 is 5.88 Å². The monoisotopic (exact) mass is 670 g/mol. The largest absolute Gasteiger partial charge is 0.508 e. The maximum absolute atomic E-state index is 15.4. The number of carbonyl (C=O) groups excluding carboxylic acids is 1. The number of aromatic nitrogens is 3. The molecular formula is C36H23FN6O7. The third-order valence-corrected chi connectivity index (χ3v) is 7.19. The van der Waals surface area contributed by atoms with Crippen molar-refractivity contribution >= 4 is 52.0 Å². The van der Waals surface area contributed by atoms with Gasteiger partial charge in [0, 0.05) is 22.7 Å². The van der Waals surface area contributed by atoms with E-state index in [-0.39, 0.29) is 45.9 Å². The van der Waals surface area contributed by atoms with Crippen LogP contribution in [0.3, 0.4) is 0 Å². The molecule has 1 amide bonds. The Morgan fingerprint density at radius 1 is 0.900 bits per heavy atom. The van der Waals surface area contributed by atoms with Crippen LogP contribution in [0.4, 0.5) is 27.5 Å². The van der Waals surface area contributed by atoms with Gasteiger partial charge in [0.05, 0.1) is 17.3 Å². The highest BCUT2D eigenvalue weighted by Crippen LogP contribution is 2.31. The molecule has 246 valence electrons. The van der Waals surface area contributed by atoms with Gasteiger partial charge in [0.2, 0.25) is 5.89 Å². The van der Waals surface area contributed by atoms with E-state index in [1.807, 2.05) is 30.3 Å². The van der Waals surface area contributed by atoms with Crippen molar-refractivity contribution in [3.05, 3.63) is 143 Å². The highest BCUT2D eigenvalue weighted by atomic mass is 19.1. The predicted molar refractivity (Wildman–Crippen MR) is 182 cm³/mol. The van der Waals surface area contributed by atoms with Gasteiger partial charge in [0.15, 0.2) is 11.5 Å². The number of hydrogen-bond acceptors (Lipinski definition) is 11. The highest BCUT2D eigenvalue weighted by Gasteiger charge is 2.18. The molecule has 4 aromatic carbocycles. The SMILES string of the molecule is O=C(Nc1cc2c(Nc3ccc(O)cc3)nc(C=Cc3ccc([N+](=O)[O-])o3)nc2cc1F)c1coc(-c2ccc(Oc3ccccc3)cc2)n1. The summed E-state index contributed by atoms with van der Waals surface area (Å²) in [5.74, 6) is 0.139. The van der Waals surface area contributed by atoms with Crippen LogP contribution in [-0.2, 0) is 0 Å². The molecule has 50 heavy (non-hydrogen) atoms. The number of rotatable bonds is 10. The van der Waals surface area contributed by atoms with Crippen LogP contribution in [-0.4, -0.2) is 30.9 Å². The topological polar surface area (TPSA) is 179 Å². The Morgan fingerprint density at radius 2 is 1.66 bits per heavy atom. The first-order valence-electron chi connectivity index (χ1n) is 14.9. The molecule has 0 radical (unpaired) electrons. The summed E-state index contributed by atoms with van der Waals surface area (Å²) in [7, 11) is 0. The van der Waals surface area contributed by atoms with E-state index in [4.69, 9.17) is 13.6 Å². The number of carbonyl (C=O) groups is 1. The van der Waals surface area contributed by atoms with Gasteiger partial charge < -0.3 is 29.3 Å². The van der Waals surface area contributed by atoms with E-state index in [0.29, 0.717) is 28.1 Å². The first kappa shape index (κ1) is 31.3. The van der Waals surface area contributed by atoms with Crippen LogP contribution in [0.2, 0.25) is 0 Å². The van der Waals surface area contributed by atoms with Gasteiger partial charge in [-0.1, -0.05) is 18.2 Å². The summed E-state index contributed by atoms with van der Waals surface area (Å²) in [5, 5.41) is 26.7. The molecular weight excluding hydrogens is 647 g/mol. The van der Waals surface area contributed by atoms with Crippen molar-refractivity contribution in [2.45, 2.75) is 0 Å². The van der Waals surface area contributed by atoms with E-state index in [2.05, 4.69) is 25.6 Å². The van der Waals surface area contributed by atoms with Crippen molar-refractivity contribution in [2.75, 3.05) is 10.6 Å². The zero-order valence-electron chi connectivity index (χ0n) is 25.6. The molecule has 0 saturated heterocycles. The van der Waals surface area contributed by atoms with Gasteiger partial charge in [-0.15, -0.1) is 0 Å². The van der Waals surface area contributed by atoms with E-state index in [9.17, 15) is 20.0 Å². The Hall–Kier alpha value is -7.35. The van der Waals surface area contributed by atoms with Gasteiger partial charge in [0.25, 0.3) is 5.91 Å². The van der Waals surface area contributed by atoms with E-state index in [1.54, 1.807) is 36.4 Å². The number of oxazole rings is 1. The molecule has 0 spiro atoms. The van der Waals surface area contributed by atoms with Gasteiger partial charge in [-0.2, -0.15) is 0 Å². The Labute approximate surface area is 281 Å². The Bertz CT molecular complexity index is 2370. The van der Waals surface area contributed by atoms with Crippen LogP contribution in [0.1, 0.15) is 22.1 Å². The van der Waals surface area contributed by atoms with Gasteiger partial charge in [-0.05, 0) is 84.9 Å². The number of nitrogens with zero attached hydrogens (tertiary/aromatic N) is 4. The van der Waals surface area contributed by atoms with Crippen molar-refractivity contribution in [1.82, 2.24) is 15.0 Å². The van der Waals surface area contributed by atoms with Crippen molar-refractivity contribution in [1.29, 1.82) is 0 Å². The minimum absolute atomic E-state index is 0.0523. The summed E-state index contributed by atoms with van der Waals surface area (Å²) >= 11 is 0. The number of nitro groups is 1. The number of fused-ring (bicyclic) bond motifs is 1. The fourth-order valence-corrected chi connectivity index (χ4v) is 4.79. The first-order valence-corrected chi connectivity index (χ1v) is 14.9. The lowest BCUT2D eigenvalue weighted by atomic mass is 10.1. The van der Waals surface area contributed by atoms with E-state index < -0.39 is 22.5 Å². The molecule has 0 aliphatic heterocycles. The Balaban J connectivity index is 1.14. The fourth-order valence-electron chi connectivity index (χ4n) is 4.79. The standard InChI is InChI=1S/C36H23FN6O7/c37-28-19-29-27(34(38-22-8-10-23(44)11-9-22)42-32(39-29)16-14-26-15-17-33(50-26)43(46)47)18-30(28)40-35(45)31-20-48-36(41-31)21-6-12-25(13-7-21)49-24-4-2-1-3-5-24/h1-20,44H,(H,40,45)(H,38,39,42). The second kappa shape index (κ2) is 13.4. The van der Waals surface area contributed by atoms with Crippen LogP contribution in [0.5, 0.6) is 17.2 Å². The number of amides is 1. The molecule has 7 rings (SSSR count). The van der Waals surface area contributed by atoms with E-state index >= 15 is 4.39 Å². The number of hydrogen-bond donors (Lipinski definition) is 3. The molecule has 0 bridgehead atoms. The summed E-state index contributed by atoms with van der Waals surface area (Å²) in [6.07, 6.45) is 4.05. The summed E-state index contributed by atoms with van der Waals surface area (Å²) < 4.78 is 32.0. The predicted octanol–water partition coefficient (Wildman–Crippen LogP) is 8.59. The minimum atomic E-state index is -0.783. The second-order valence-corrected chi connectivity index (χ2v) is 10.6. The zero-order chi connectivity index (χ0) is 34.6. The number of halogens is 1. The third kappa shape index (κ3) is 6.99. The van der Waals surface area contributed by atoms with Crippen molar-refractivity contribution in [2.24, 2.45) is 0 Å². The molecule has 0 aliphatic carbocycles. The number of furan rings is 1. The van der Waals surface area contributed by atoms with E-state index in [1.165, 1.54) is 48.7 Å². The Morgan fingerprint density at radius 3 is 2.40 bits per heavy atom. The van der Waals surface area contributed by atoms with Crippen LogP contribution in [0, 0.1) is 15.9 Å². The third-order valence-electron chi connectivity index (χ3n) is 7.19. The van der Waals surface area contributed by atoms with Crippen molar-refractivity contribution < 1.29 is 32.8 Å². The average Bonchev–Trinajstić information content (AvgIpc) is 3.81. The number of aromatic hydroxyl groups is 1.